The predicted molar refractivity (Wildman–Crippen MR) is 73.9 cm³/mol. The topological polar surface area (TPSA) is 41.9 Å². The summed E-state index contributed by atoms with van der Waals surface area (Å²) in [6.45, 7) is 4.25. The second-order valence-electron chi connectivity index (χ2n) is 5.58. The quantitative estimate of drug-likeness (QED) is 0.756. The zero-order valence-corrected chi connectivity index (χ0v) is 11.6. The lowest BCUT2D eigenvalue weighted by molar-refractivity contribution is -0.0749. The zero-order chi connectivity index (χ0) is 13.6. The van der Waals surface area contributed by atoms with Crippen LogP contribution in [0.25, 0.3) is 0 Å². The number of rotatable bonds is 5. The van der Waals surface area contributed by atoms with Gasteiger partial charge in [0.2, 0.25) is 0 Å². The van der Waals surface area contributed by atoms with Gasteiger partial charge in [0.25, 0.3) is 0 Å². The molecule has 4 nitrogen and oxygen atoms in total. The normalized spacial score (nSPS) is 25.7. The molecule has 1 heterocycles. The minimum Gasteiger partial charge on any atom is -0.389 e. The largest absolute Gasteiger partial charge is 0.389 e. The fraction of sp³-hybridized carbons (Fsp3) is 0.867. The number of terminal acetylenes is 1. The maximum Gasteiger partial charge on any atom is 0.128 e. The Hall–Kier alpha value is -0.600. The molecule has 1 unspecified atom stereocenters. The van der Waals surface area contributed by atoms with Gasteiger partial charge in [0.05, 0.1) is 25.9 Å². The summed E-state index contributed by atoms with van der Waals surface area (Å²) in [5, 5.41) is 10.1. The molecule has 1 aliphatic carbocycles. The van der Waals surface area contributed by atoms with Crippen molar-refractivity contribution in [1.82, 2.24) is 4.90 Å². The first kappa shape index (κ1) is 14.8. The highest BCUT2D eigenvalue weighted by Gasteiger charge is 2.31. The smallest absolute Gasteiger partial charge is 0.128 e. The number of morpholine rings is 1. The highest BCUT2D eigenvalue weighted by atomic mass is 16.5. The van der Waals surface area contributed by atoms with Crippen LogP contribution in [0.15, 0.2) is 0 Å². The number of ether oxygens (including phenoxy) is 2. The average molecular weight is 267 g/mol. The van der Waals surface area contributed by atoms with Crippen molar-refractivity contribution in [2.24, 2.45) is 0 Å². The molecule has 4 heteroatoms. The number of β-amino-alcohol motifs (C(OH)–C–C–N with tert-alkyl or cyclic N) is 1. The van der Waals surface area contributed by atoms with Gasteiger partial charge >= 0.3 is 0 Å². The average Bonchev–Trinajstić information content (AvgIpc) is 2.47. The first-order chi connectivity index (χ1) is 9.24. The SMILES string of the molecule is C#CC1(OCC(O)CN2CCOCC2)CCCCC1. The van der Waals surface area contributed by atoms with Crippen molar-refractivity contribution in [3.63, 3.8) is 0 Å². The van der Waals surface area contributed by atoms with Crippen LogP contribution in [0.2, 0.25) is 0 Å². The van der Waals surface area contributed by atoms with E-state index in [0.717, 1.165) is 52.0 Å². The fourth-order valence-electron chi connectivity index (χ4n) is 2.84. The third-order valence-electron chi connectivity index (χ3n) is 4.05. The first-order valence-electron chi connectivity index (χ1n) is 7.34. The monoisotopic (exact) mass is 267 g/mol. The molecule has 1 saturated heterocycles. The summed E-state index contributed by atoms with van der Waals surface area (Å²) in [5.41, 5.74) is -0.426. The Bertz CT molecular complexity index is 301. The molecule has 2 aliphatic rings. The standard InChI is InChI=1S/C15H25NO3/c1-2-15(6-4-3-5-7-15)19-13-14(17)12-16-8-10-18-11-9-16/h1,14,17H,3-13H2. The number of hydrogen-bond donors (Lipinski definition) is 1. The summed E-state index contributed by atoms with van der Waals surface area (Å²) in [7, 11) is 0. The van der Waals surface area contributed by atoms with Crippen LogP contribution >= 0.6 is 0 Å². The molecule has 0 amide bonds. The van der Waals surface area contributed by atoms with Crippen molar-refractivity contribution in [3.05, 3.63) is 0 Å². The number of aliphatic hydroxyl groups is 1. The summed E-state index contributed by atoms with van der Waals surface area (Å²) >= 11 is 0. The maximum atomic E-state index is 10.1. The number of hydrogen-bond acceptors (Lipinski definition) is 4. The minimum absolute atomic E-state index is 0.335. The molecule has 0 aromatic heterocycles. The Kier molecular flexibility index (Phi) is 5.65. The third kappa shape index (κ3) is 4.47. The highest BCUT2D eigenvalue weighted by molar-refractivity contribution is 5.09. The van der Waals surface area contributed by atoms with Crippen LogP contribution in [-0.2, 0) is 9.47 Å². The van der Waals surface area contributed by atoms with Crippen LogP contribution in [0.3, 0.4) is 0 Å². The van der Waals surface area contributed by atoms with Crippen LogP contribution in [0.1, 0.15) is 32.1 Å². The van der Waals surface area contributed by atoms with Gasteiger partial charge in [-0.25, -0.2) is 0 Å². The summed E-state index contributed by atoms with van der Waals surface area (Å²) in [6, 6.07) is 0. The third-order valence-corrected chi connectivity index (χ3v) is 4.05. The Morgan fingerprint density at radius 2 is 1.95 bits per heavy atom. The Morgan fingerprint density at radius 1 is 1.26 bits per heavy atom. The maximum absolute atomic E-state index is 10.1. The summed E-state index contributed by atoms with van der Waals surface area (Å²) in [6.07, 6.45) is 10.5. The van der Waals surface area contributed by atoms with E-state index in [0.29, 0.717) is 13.2 Å². The second-order valence-corrected chi connectivity index (χ2v) is 5.58. The first-order valence-corrected chi connectivity index (χ1v) is 7.34. The van der Waals surface area contributed by atoms with E-state index in [1.807, 2.05) is 0 Å². The van der Waals surface area contributed by atoms with Gasteiger partial charge in [-0.2, -0.15) is 0 Å². The second kappa shape index (κ2) is 7.25. The van der Waals surface area contributed by atoms with Crippen molar-refractivity contribution in [2.75, 3.05) is 39.5 Å². The molecule has 0 radical (unpaired) electrons. The molecule has 1 aliphatic heterocycles. The molecule has 0 bridgehead atoms. The van der Waals surface area contributed by atoms with Crippen LogP contribution in [-0.4, -0.2) is 61.2 Å². The van der Waals surface area contributed by atoms with Crippen molar-refractivity contribution in [1.29, 1.82) is 0 Å². The summed E-state index contributed by atoms with van der Waals surface area (Å²) < 4.78 is 11.2. The number of aliphatic hydroxyl groups excluding tert-OH is 1. The zero-order valence-electron chi connectivity index (χ0n) is 11.6. The van der Waals surface area contributed by atoms with E-state index >= 15 is 0 Å². The van der Waals surface area contributed by atoms with E-state index < -0.39 is 11.7 Å². The number of nitrogens with zero attached hydrogens (tertiary/aromatic N) is 1. The Morgan fingerprint density at radius 3 is 2.58 bits per heavy atom. The molecule has 2 fully saturated rings. The Balaban J connectivity index is 1.72. The summed E-state index contributed by atoms with van der Waals surface area (Å²) in [5.74, 6) is 2.81. The van der Waals surface area contributed by atoms with Gasteiger partial charge in [0, 0.05) is 19.6 Å². The van der Waals surface area contributed by atoms with E-state index in [1.165, 1.54) is 6.42 Å². The molecule has 1 atom stereocenters. The van der Waals surface area contributed by atoms with E-state index in [4.69, 9.17) is 15.9 Å². The van der Waals surface area contributed by atoms with Gasteiger partial charge in [0.1, 0.15) is 5.60 Å². The van der Waals surface area contributed by atoms with Gasteiger partial charge < -0.3 is 14.6 Å². The van der Waals surface area contributed by atoms with Crippen molar-refractivity contribution >= 4 is 0 Å². The highest BCUT2D eigenvalue weighted by Crippen LogP contribution is 2.31. The van der Waals surface area contributed by atoms with Crippen LogP contribution in [0.5, 0.6) is 0 Å². The van der Waals surface area contributed by atoms with Gasteiger partial charge in [-0.1, -0.05) is 12.3 Å². The molecule has 0 aromatic rings. The van der Waals surface area contributed by atoms with E-state index in [2.05, 4.69) is 10.8 Å². The van der Waals surface area contributed by atoms with Crippen molar-refractivity contribution in [3.8, 4) is 12.3 Å². The van der Waals surface area contributed by atoms with Gasteiger partial charge in [-0.05, 0) is 25.7 Å². The van der Waals surface area contributed by atoms with E-state index in [1.54, 1.807) is 0 Å². The molecule has 0 spiro atoms. The molecule has 1 saturated carbocycles. The van der Waals surface area contributed by atoms with Crippen LogP contribution in [0, 0.1) is 12.3 Å². The minimum atomic E-state index is -0.467. The lowest BCUT2D eigenvalue weighted by atomic mass is 9.85. The molecule has 19 heavy (non-hydrogen) atoms. The van der Waals surface area contributed by atoms with Gasteiger partial charge in [-0.3, -0.25) is 4.90 Å². The fourth-order valence-corrected chi connectivity index (χ4v) is 2.84. The molecule has 2 rings (SSSR count). The van der Waals surface area contributed by atoms with Crippen LogP contribution in [0.4, 0.5) is 0 Å². The van der Waals surface area contributed by atoms with Gasteiger partial charge in [0.15, 0.2) is 0 Å². The van der Waals surface area contributed by atoms with E-state index in [9.17, 15) is 5.11 Å². The Labute approximate surface area is 116 Å². The van der Waals surface area contributed by atoms with Crippen molar-refractivity contribution in [2.45, 2.75) is 43.8 Å². The lowest BCUT2D eigenvalue weighted by Crippen LogP contribution is -2.44. The molecule has 108 valence electrons. The van der Waals surface area contributed by atoms with Gasteiger partial charge in [-0.15, -0.1) is 6.42 Å². The van der Waals surface area contributed by atoms with E-state index in [-0.39, 0.29) is 0 Å². The lowest BCUT2D eigenvalue weighted by Gasteiger charge is -2.34. The molecular weight excluding hydrogens is 242 g/mol. The molecule has 1 N–H and O–H groups in total. The summed E-state index contributed by atoms with van der Waals surface area (Å²) in [4.78, 5) is 2.21. The predicted octanol–water partition coefficient (Wildman–Crippen LogP) is 1.03. The molecular formula is C15H25NO3. The molecule has 0 aromatic carbocycles. The van der Waals surface area contributed by atoms with Crippen LogP contribution < -0.4 is 0 Å². The van der Waals surface area contributed by atoms with Crippen molar-refractivity contribution < 1.29 is 14.6 Å².